The summed E-state index contributed by atoms with van der Waals surface area (Å²) in [4.78, 5) is 3.66. The number of rotatable bonds is 4. The third-order valence-corrected chi connectivity index (χ3v) is 4.99. The van der Waals surface area contributed by atoms with Gasteiger partial charge in [-0.1, -0.05) is 0 Å². The fourth-order valence-electron chi connectivity index (χ4n) is 2.74. The Morgan fingerprint density at radius 1 is 1.19 bits per heavy atom. The van der Waals surface area contributed by atoms with E-state index in [0.717, 1.165) is 45.2 Å². The van der Waals surface area contributed by atoms with Gasteiger partial charge in [0.2, 0.25) is 0 Å². The second-order valence-electron chi connectivity index (χ2n) is 5.25. The van der Waals surface area contributed by atoms with Crippen LogP contribution in [0.2, 0.25) is 0 Å². The van der Waals surface area contributed by atoms with Crippen molar-refractivity contribution in [1.82, 2.24) is 9.30 Å². The summed E-state index contributed by atoms with van der Waals surface area (Å²) in [5.74, 6) is 0.959. The Kier molecular flexibility index (Phi) is 3.55. The second-order valence-corrected chi connectivity index (χ2v) is 6.31. The van der Waals surface area contributed by atoms with Crippen molar-refractivity contribution in [2.75, 3.05) is 39.5 Å². The first-order valence-electron chi connectivity index (χ1n) is 7.33. The summed E-state index contributed by atoms with van der Waals surface area (Å²) in [6.07, 6.45) is 2.10. The van der Waals surface area contributed by atoms with Crippen molar-refractivity contribution < 1.29 is 9.47 Å². The lowest BCUT2D eigenvalue weighted by atomic mass is 10.3. The van der Waals surface area contributed by atoms with Gasteiger partial charge in [-0.15, -0.1) is 11.3 Å². The maximum absolute atomic E-state index is 5.90. The average Bonchev–Trinajstić information content (AvgIpc) is 3.08. The molecule has 3 aromatic rings. The average molecular weight is 302 g/mol. The fourth-order valence-corrected chi connectivity index (χ4v) is 3.82. The zero-order valence-electron chi connectivity index (χ0n) is 11.8. The van der Waals surface area contributed by atoms with Crippen LogP contribution in [0.15, 0.2) is 36.5 Å². The molecule has 0 aliphatic carbocycles. The molecule has 3 heterocycles. The normalized spacial score (nSPS) is 16.8. The second kappa shape index (κ2) is 5.67. The van der Waals surface area contributed by atoms with Crippen LogP contribution in [-0.4, -0.2) is 48.8 Å². The van der Waals surface area contributed by atoms with Gasteiger partial charge in [0, 0.05) is 25.8 Å². The highest BCUT2D eigenvalue weighted by atomic mass is 32.1. The van der Waals surface area contributed by atoms with Gasteiger partial charge >= 0.3 is 0 Å². The van der Waals surface area contributed by atoms with Crippen LogP contribution < -0.4 is 4.74 Å². The molecule has 21 heavy (non-hydrogen) atoms. The lowest BCUT2D eigenvalue weighted by Crippen LogP contribution is -2.38. The van der Waals surface area contributed by atoms with Gasteiger partial charge in [-0.05, 0) is 30.3 Å². The van der Waals surface area contributed by atoms with Gasteiger partial charge in [-0.2, -0.15) is 0 Å². The van der Waals surface area contributed by atoms with Gasteiger partial charge in [-0.3, -0.25) is 4.90 Å². The molecule has 4 nitrogen and oxygen atoms in total. The van der Waals surface area contributed by atoms with Crippen molar-refractivity contribution in [2.24, 2.45) is 0 Å². The van der Waals surface area contributed by atoms with E-state index in [4.69, 9.17) is 9.47 Å². The Balaban J connectivity index is 1.43. The first-order chi connectivity index (χ1) is 10.4. The van der Waals surface area contributed by atoms with Crippen LogP contribution in [0.1, 0.15) is 0 Å². The Bertz CT molecular complexity index is 743. The van der Waals surface area contributed by atoms with Crippen molar-refractivity contribution >= 4 is 26.4 Å². The van der Waals surface area contributed by atoms with E-state index in [2.05, 4.69) is 45.8 Å². The van der Waals surface area contributed by atoms with E-state index in [1.807, 2.05) is 0 Å². The van der Waals surface area contributed by atoms with Crippen molar-refractivity contribution in [3.63, 3.8) is 0 Å². The zero-order valence-corrected chi connectivity index (χ0v) is 12.6. The molecule has 0 unspecified atom stereocenters. The topological polar surface area (TPSA) is 26.1 Å². The molecule has 0 spiro atoms. The van der Waals surface area contributed by atoms with E-state index in [1.165, 1.54) is 15.0 Å². The van der Waals surface area contributed by atoms with Crippen LogP contribution in [0.4, 0.5) is 0 Å². The van der Waals surface area contributed by atoms with E-state index in [1.54, 1.807) is 11.3 Å². The van der Waals surface area contributed by atoms with Crippen molar-refractivity contribution in [3.05, 3.63) is 36.5 Å². The summed E-state index contributed by atoms with van der Waals surface area (Å²) in [6, 6.07) is 10.6. The van der Waals surface area contributed by atoms with Crippen LogP contribution in [0.5, 0.6) is 5.75 Å². The van der Waals surface area contributed by atoms with Gasteiger partial charge in [0.1, 0.15) is 17.2 Å². The van der Waals surface area contributed by atoms with Gasteiger partial charge in [0.05, 0.1) is 23.4 Å². The molecule has 0 amide bonds. The highest BCUT2D eigenvalue weighted by Gasteiger charge is 2.10. The predicted molar refractivity (Wildman–Crippen MR) is 85.5 cm³/mol. The standard InChI is InChI=1S/C16H18N2O2S/c1-2-16-18(5-1)14-4-3-13(12-15(14)21-16)20-11-8-17-6-9-19-10-7-17/h1-5,12H,6-11H2. The first kappa shape index (κ1) is 13.1. The number of nitrogens with zero attached hydrogens (tertiary/aromatic N) is 2. The van der Waals surface area contributed by atoms with Crippen molar-refractivity contribution in [2.45, 2.75) is 0 Å². The molecular weight excluding hydrogens is 284 g/mol. The van der Waals surface area contributed by atoms with Gasteiger partial charge in [0.15, 0.2) is 0 Å². The SMILES string of the molecule is c1cc2sc3cc(OCCN4CCOCC4)ccc3n2c1. The van der Waals surface area contributed by atoms with E-state index in [9.17, 15) is 0 Å². The molecular formula is C16H18N2O2S. The molecule has 0 bridgehead atoms. The van der Waals surface area contributed by atoms with Gasteiger partial charge < -0.3 is 13.9 Å². The molecule has 110 valence electrons. The maximum atomic E-state index is 5.90. The largest absolute Gasteiger partial charge is 0.492 e. The van der Waals surface area contributed by atoms with Gasteiger partial charge in [-0.25, -0.2) is 0 Å². The summed E-state index contributed by atoms with van der Waals surface area (Å²) in [6.45, 7) is 5.41. The number of hydrogen-bond donors (Lipinski definition) is 0. The highest BCUT2D eigenvalue weighted by Crippen LogP contribution is 2.29. The molecule has 1 aromatic carbocycles. The smallest absolute Gasteiger partial charge is 0.120 e. The quantitative estimate of drug-likeness (QED) is 0.741. The number of benzene rings is 1. The summed E-state index contributed by atoms with van der Waals surface area (Å²) in [5.41, 5.74) is 1.25. The molecule has 1 saturated heterocycles. The Morgan fingerprint density at radius 3 is 3.00 bits per heavy atom. The Morgan fingerprint density at radius 2 is 2.10 bits per heavy atom. The number of morpholine rings is 1. The maximum Gasteiger partial charge on any atom is 0.120 e. The Hall–Kier alpha value is -1.56. The zero-order chi connectivity index (χ0) is 14.1. The first-order valence-corrected chi connectivity index (χ1v) is 8.14. The van der Waals surface area contributed by atoms with Crippen LogP contribution in [0.25, 0.3) is 15.0 Å². The molecule has 4 rings (SSSR count). The fraction of sp³-hybridized carbons (Fsp3) is 0.375. The molecule has 0 radical (unpaired) electrons. The van der Waals surface area contributed by atoms with Crippen LogP contribution >= 0.6 is 11.3 Å². The van der Waals surface area contributed by atoms with Gasteiger partial charge in [0.25, 0.3) is 0 Å². The summed E-state index contributed by atoms with van der Waals surface area (Å²) < 4.78 is 14.7. The van der Waals surface area contributed by atoms with E-state index < -0.39 is 0 Å². The number of ether oxygens (including phenoxy) is 2. The molecule has 0 atom stereocenters. The third-order valence-electron chi connectivity index (χ3n) is 3.90. The minimum Gasteiger partial charge on any atom is -0.492 e. The van der Waals surface area contributed by atoms with Crippen molar-refractivity contribution in [3.8, 4) is 5.75 Å². The van der Waals surface area contributed by atoms with Crippen LogP contribution in [-0.2, 0) is 4.74 Å². The molecule has 2 aromatic heterocycles. The number of thiazole rings is 1. The third kappa shape index (κ3) is 2.64. The lowest BCUT2D eigenvalue weighted by Gasteiger charge is -2.26. The minimum atomic E-state index is 0.732. The summed E-state index contributed by atoms with van der Waals surface area (Å²) in [7, 11) is 0. The van der Waals surface area contributed by atoms with E-state index in [0.29, 0.717) is 0 Å². The Labute approximate surface area is 127 Å². The molecule has 1 aliphatic heterocycles. The van der Waals surface area contributed by atoms with Crippen LogP contribution in [0.3, 0.4) is 0 Å². The summed E-state index contributed by atoms with van der Waals surface area (Å²) in [5, 5.41) is 0. The van der Waals surface area contributed by atoms with E-state index >= 15 is 0 Å². The van der Waals surface area contributed by atoms with Crippen molar-refractivity contribution in [1.29, 1.82) is 0 Å². The number of aromatic nitrogens is 1. The number of fused-ring (bicyclic) bond motifs is 3. The monoisotopic (exact) mass is 302 g/mol. The molecule has 1 fully saturated rings. The molecule has 5 heteroatoms. The predicted octanol–water partition coefficient (Wildman–Crippen LogP) is 2.87. The highest BCUT2D eigenvalue weighted by molar-refractivity contribution is 7.24. The molecule has 0 saturated carbocycles. The van der Waals surface area contributed by atoms with E-state index in [-0.39, 0.29) is 0 Å². The lowest BCUT2D eigenvalue weighted by molar-refractivity contribution is 0.0322. The molecule has 0 N–H and O–H groups in total. The molecule has 1 aliphatic rings. The number of hydrogen-bond acceptors (Lipinski definition) is 4. The van der Waals surface area contributed by atoms with Crippen LogP contribution in [0, 0.1) is 0 Å². The minimum absolute atomic E-state index is 0.732. The summed E-state index contributed by atoms with van der Waals surface area (Å²) >= 11 is 1.80.